The van der Waals surface area contributed by atoms with Gasteiger partial charge in [-0.25, -0.2) is 4.79 Å². The molecule has 0 aromatic heterocycles. The minimum Gasteiger partial charge on any atom is -0.508 e. The summed E-state index contributed by atoms with van der Waals surface area (Å²) in [5.41, 5.74) is 6.19. The highest BCUT2D eigenvalue weighted by molar-refractivity contribution is 7.98. The van der Waals surface area contributed by atoms with Gasteiger partial charge in [0.1, 0.15) is 23.9 Å². The smallest absolute Gasteiger partial charge is 0.326 e. The van der Waals surface area contributed by atoms with Crippen molar-refractivity contribution >= 4 is 54.1 Å². The molecule has 0 saturated heterocycles. The number of nitrogens with one attached hydrogen (secondary N) is 3. The molecule has 3 amide bonds. The maximum Gasteiger partial charge on any atom is 0.326 e. The number of hydrogen-bond donors (Lipinski definition) is 8. The molecule has 0 aliphatic heterocycles. The van der Waals surface area contributed by atoms with Crippen LogP contribution in [0, 0.1) is 0 Å². The predicted octanol–water partition coefficient (Wildman–Crippen LogP) is -1.04. The third-order valence-corrected chi connectivity index (χ3v) is 5.82. The molecular formula is C21H30N4O8S2. The lowest BCUT2D eigenvalue weighted by molar-refractivity contribution is -0.147. The number of phenols is 1. The van der Waals surface area contributed by atoms with E-state index in [-0.39, 0.29) is 24.3 Å². The lowest BCUT2D eigenvalue weighted by Gasteiger charge is -2.25. The van der Waals surface area contributed by atoms with E-state index in [0.717, 1.165) is 0 Å². The number of thioether (sulfide) groups is 1. The van der Waals surface area contributed by atoms with Crippen LogP contribution in [-0.2, 0) is 30.4 Å². The Morgan fingerprint density at radius 3 is 2.00 bits per heavy atom. The maximum atomic E-state index is 13.0. The SMILES string of the molecule is CSCCC(NC(=O)C(N)CS)C(=O)NC(Cc1ccc(O)cc1)C(=O)NC(CC(=O)O)C(=O)O. The lowest BCUT2D eigenvalue weighted by atomic mass is 10.0. The molecule has 1 aromatic carbocycles. The minimum absolute atomic E-state index is 0.0217. The van der Waals surface area contributed by atoms with Crippen LogP contribution in [-0.4, -0.2) is 86.9 Å². The van der Waals surface area contributed by atoms with E-state index in [4.69, 9.17) is 10.8 Å². The fraction of sp³-hybridized carbons (Fsp3) is 0.476. The first-order valence-electron chi connectivity index (χ1n) is 10.5. The van der Waals surface area contributed by atoms with Crippen molar-refractivity contribution in [1.82, 2.24) is 16.0 Å². The first kappa shape index (κ1) is 30.1. The summed E-state index contributed by atoms with van der Waals surface area (Å²) in [7, 11) is 0. The van der Waals surface area contributed by atoms with Crippen LogP contribution < -0.4 is 21.7 Å². The number of thiol groups is 1. The maximum absolute atomic E-state index is 13.0. The molecule has 194 valence electrons. The standard InChI is InChI=1S/C21H30N4O8S2/c1-35-7-6-14(23-18(29)13(22)10-34)19(30)24-15(8-11-2-4-12(26)5-3-11)20(31)25-16(21(32)33)9-17(27)28/h2-5,13-16,26,34H,6-10,22H2,1H3,(H,23,29)(H,24,30)(H,25,31)(H,27,28)(H,32,33). The fourth-order valence-electron chi connectivity index (χ4n) is 2.86. The van der Waals surface area contributed by atoms with Gasteiger partial charge in [-0.3, -0.25) is 19.2 Å². The number of carboxylic acid groups (broad SMARTS) is 2. The number of aromatic hydroxyl groups is 1. The topological polar surface area (TPSA) is 208 Å². The molecule has 0 spiro atoms. The molecule has 0 bridgehead atoms. The number of carboxylic acids is 2. The Kier molecular flexibility index (Phi) is 13.0. The second-order valence-electron chi connectivity index (χ2n) is 7.56. The number of carbonyl (C=O) groups excluding carboxylic acids is 3. The molecule has 0 fully saturated rings. The van der Waals surface area contributed by atoms with Crippen LogP contribution >= 0.6 is 24.4 Å². The van der Waals surface area contributed by atoms with Gasteiger partial charge < -0.3 is 37.0 Å². The number of hydrogen-bond acceptors (Lipinski definition) is 9. The van der Waals surface area contributed by atoms with Crippen molar-refractivity contribution in [2.24, 2.45) is 5.73 Å². The largest absolute Gasteiger partial charge is 0.508 e. The second-order valence-corrected chi connectivity index (χ2v) is 8.91. The zero-order valence-electron chi connectivity index (χ0n) is 19.0. The van der Waals surface area contributed by atoms with E-state index < -0.39 is 60.2 Å². The molecular weight excluding hydrogens is 500 g/mol. The van der Waals surface area contributed by atoms with Gasteiger partial charge >= 0.3 is 11.9 Å². The highest BCUT2D eigenvalue weighted by Crippen LogP contribution is 2.12. The van der Waals surface area contributed by atoms with Crippen molar-refractivity contribution in [3.63, 3.8) is 0 Å². The van der Waals surface area contributed by atoms with E-state index in [1.165, 1.54) is 36.0 Å². The van der Waals surface area contributed by atoms with Gasteiger partial charge in [-0.2, -0.15) is 24.4 Å². The molecule has 0 aliphatic rings. The molecule has 0 aliphatic carbocycles. The molecule has 12 nitrogen and oxygen atoms in total. The highest BCUT2D eigenvalue weighted by Gasteiger charge is 2.31. The van der Waals surface area contributed by atoms with Crippen LogP contribution in [0.15, 0.2) is 24.3 Å². The van der Waals surface area contributed by atoms with Crippen molar-refractivity contribution < 1.29 is 39.3 Å². The van der Waals surface area contributed by atoms with Gasteiger partial charge in [-0.05, 0) is 36.1 Å². The van der Waals surface area contributed by atoms with Crippen molar-refractivity contribution in [2.45, 2.75) is 43.4 Å². The van der Waals surface area contributed by atoms with Crippen molar-refractivity contribution in [2.75, 3.05) is 17.8 Å². The summed E-state index contributed by atoms with van der Waals surface area (Å²) in [5, 5.41) is 34.8. The number of benzene rings is 1. The van der Waals surface area contributed by atoms with Crippen LogP contribution in [0.25, 0.3) is 0 Å². The monoisotopic (exact) mass is 530 g/mol. The first-order chi connectivity index (χ1) is 16.5. The van der Waals surface area contributed by atoms with Gasteiger partial charge in [0, 0.05) is 12.2 Å². The van der Waals surface area contributed by atoms with Gasteiger partial charge in [0.25, 0.3) is 0 Å². The second kappa shape index (κ2) is 15.1. The zero-order valence-corrected chi connectivity index (χ0v) is 20.7. The van der Waals surface area contributed by atoms with Gasteiger partial charge in [0.05, 0.1) is 12.5 Å². The number of rotatable bonds is 15. The third-order valence-electron chi connectivity index (χ3n) is 4.78. The van der Waals surface area contributed by atoms with Crippen LogP contribution in [0.1, 0.15) is 18.4 Å². The minimum atomic E-state index is -1.72. The molecule has 0 saturated carbocycles. The zero-order chi connectivity index (χ0) is 26.5. The summed E-state index contributed by atoms with van der Waals surface area (Å²) < 4.78 is 0. The predicted molar refractivity (Wildman–Crippen MR) is 132 cm³/mol. The summed E-state index contributed by atoms with van der Waals surface area (Å²) in [6, 6.07) is 0.735. The molecule has 1 aromatic rings. The average molecular weight is 531 g/mol. The third kappa shape index (κ3) is 10.9. The Bertz CT molecular complexity index is 900. The Morgan fingerprint density at radius 2 is 1.49 bits per heavy atom. The van der Waals surface area contributed by atoms with Crippen LogP contribution in [0.2, 0.25) is 0 Å². The molecule has 35 heavy (non-hydrogen) atoms. The molecule has 14 heteroatoms. The molecule has 0 radical (unpaired) electrons. The quantitative estimate of drug-likeness (QED) is 0.129. The van der Waals surface area contributed by atoms with Crippen molar-refractivity contribution in [1.29, 1.82) is 0 Å². The normalized spacial score (nSPS) is 14.1. The highest BCUT2D eigenvalue weighted by atomic mass is 32.2. The van der Waals surface area contributed by atoms with Gasteiger partial charge in [0.2, 0.25) is 17.7 Å². The number of amides is 3. The van der Waals surface area contributed by atoms with Gasteiger partial charge in [0.15, 0.2) is 0 Å². The van der Waals surface area contributed by atoms with Crippen molar-refractivity contribution in [3.8, 4) is 5.75 Å². The molecule has 8 N–H and O–H groups in total. The summed E-state index contributed by atoms with van der Waals surface area (Å²) in [6.45, 7) is 0. The Morgan fingerprint density at radius 1 is 0.943 bits per heavy atom. The average Bonchev–Trinajstić information content (AvgIpc) is 2.80. The summed E-state index contributed by atoms with van der Waals surface area (Å²) >= 11 is 5.40. The molecule has 4 atom stereocenters. The van der Waals surface area contributed by atoms with E-state index >= 15 is 0 Å². The number of carbonyl (C=O) groups is 5. The van der Waals surface area contributed by atoms with E-state index in [9.17, 15) is 34.2 Å². The summed E-state index contributed by atoms with van der Waals surface area (Å²) in [6.07, 6.45) is 1.07. The number of phenolic OH excluding ortho intramolecular Hbond substituents is 1. The Balaban J connectivity index is 3.14. The lowest BCUT2D eigenvalue weighted by Crippen LogP contribution is -2.58. The van der Waals surface area contributed by atoms with Gasteiger partial charge in [-0.15, -0.1) is 0 Å². The summed E-state index contributed by atoms with van der Waals surface area (Å²) in [4.78, 5) is 60.5. The van der Waals surface area contributed by atoms with E-state index in [2.05, 4.69) is 28.6 Å². The number of aliphatic carboxylic acids is 2. The molecule has 0 heterocycles. The van der Waals surface area contributed by atoms with Crippen molar-refractivity contribution in [3.05, 3.63) is 29.8 Å². The molecule has 4 unspecified atom stereocenters. The van der Waals surface area contributed by atoms with E-state index in [0.29, 0.717) is 11.3 Å². The van der Waals surface area contributed by atoms with Crippen LogP contribution in [0.5, 0.6) is 5.75 Å². The van der Waals surface area contributed by atoms with Gasteiger partial charge in [-0.1, -0.05) is 12.1 Å². The summed E-state index contributed by atoms with van der Waals surface area (Å²) in [5.74, 6) is -4.69. The first-order valence-corrected chi connectivity index (χ1v) is 12.5. The van der Waals surface area contributed by atoms with Crippen LogP contribution in [0.4, 0.5) is 0 Å². The Hall–Kier alpha value is -2.97. The van der Waals surface area contributed by atoms with Crippen LogP contribution in [0.3, 0.4) is 0 Å². The Labute approximate surface area is 211 Å². The fourth-order valence-corrected chi connectivity index (χ4v) is 3.50. The molecule has 1 rings (SSSR count). The van der Waals surface area contributed by atoms with E-state index in [1.54, 1.807) is 0 Å². The number of nitrogens with two attached hydrogens (primary N) is 1. The van der Waals surface area contributed by atoms with E-state index in [1.807, 2.05) is 6.26 Å².